The van der Waals surface area contributed by atoms with E-state index in [4.69, 9.17) is 0 Å². The molecule has 1 aromatic rings. The first kappa shape index (κ1) is 9.53. The van der Waals surface area contributed by atoms with Crippen LogP contribution in [0.4, 0.5) is 0 Å². The van der Waals surface area contributed by atoms with E-state index in [0.29, 0.717) is 11.7 Å². The van der Waals surface area contributed by atoms with Gasteiger partial charge in [0.2, 0.25) is 0 Å². The van der Waals surface area contributed by atoms with Crippen LogP contribution in [-0.2, 0) is 0 Å². The van der Waals surface area contributed by atoms with E-state index in [2.05, 4.69) is 11.9 Å². The van der Waals surface area contributed by atoms with Crippen LogP contribution in [0.15, 0.2) is 24.3 Å². The van der Waals surface area contributed by atoms with Crippen molar-refractivity contribution in [1.82, 2.24) is 4.90 Å². The van der Waals surface area contributed by atoms with Crippen LogP contribution in [0.3, 0.4) is 0 Å². The maximum atomic E-state index is 9.20. The van der Waals surface area contributed by atoms with Gasteiger partial charge in [0.1, 0.15) is 5.75 Å². The van der Waals surface area contributed by atoms with E-state index < -0.39 is 0 Å². The van der Waals surface area contributed by atoms with Crippen molar-refractivity contribution in [2.24, 2.45) is 0 Å². The normalized spacial score (nSPS) is 23.6. The highest BCUT2D eigenvalue weighted by molar-refractivity contribution is 5.28. The lowest BCUT2D eigenvalue weighted by molar-refractivity contribution is 0.251. The Hall–Kier alpha value is -1.02. The average Bonchev–Trinajstić information content (AvgIpc) is 2.19. The average molecular weight is 191 g/mol. The summed E-state index contributed by atoms with van der Waals surface area (Å²) in [6, 6.07) is 7.65. The third-order valence-electron chi connectivity index (χ3n) is 2.99. The van der Waals surface area contributed by atoms with Gasteiger partial charge < -0.3 is 10.0 Å². The quantitative estimate of drug-likeness (QED) is 0.735. The minimum atomic E-state index is 0.359. The zero-order chi connectivity index (χ0) is 9.97. The van der Waals surface area contributed by atoms with Gasteiger partial charge >= 0.3 is 0 Å². The zero-order valence-electron chi connectivity index (χ0n) is 8.61. The summed E-state index contributed by atoms with van der Waals surface area (Å²) in [7, 11) is 2.17. The lowest BCUT2D eigenvalue weighted by atomic mass is 9.91. The van der Waals surface area contributed by atoms with Crippen molar-refractivity contribution >= 4 is 0 Å². The maximum absolute atomic E-state index is 9.20. The Morgan fingerprint density at radius 1 is 1.29 bits per heavy atom. The number of phenols is 1. The summed E-state index contributed by atoms with van der Waals surface area (Å²) in [5, 5.41) is 9.20. The van der Waals surface area contributed by atoms with Gasteiger partial charge in [0, 0.05) is 6.54 Å². The smallest absolute Gasteiger partial charge is 0.115 e. The highest BCUT2D eigenvalue weighted by Crippen LogP contribution is 2.27. The molecule has 2 rings (SSSR count). The number of phenolic OH excluding ortho intramolecular Hbond substituents is 1. The number of rotatable bonds is 1. The van der Waals surface area contributed by atoms with E-state index in [-0.39, 0.29) is 0 Å². The zero-order valence-corrected chi connectivity index (χ0v) is 8.61. The molecule has 1 fully saturated rings. The first-order valence-corrected chi connectivity index (χ1v) is 5.23. The number of hydrogen-bond donors (Lipinski definition) is 1. The van der Waals surface area contributed by atoms with Crippen LogP contribution in [0.5, 0.6) is 5.75 Å². The Kier molecular flexibility index (Phi) is 2.73. The van der Waals surface area contributed by atoms with Crippen molar-refractivity contribution in [2.45, 2.75) is 18.8 Å². The van der Waals surface area contributed by atoms with Crippen LogP contribution in [0.2, 0.25) is 0 Å². The van der Waals surface area contributed by atoms with Gasteiger partial charge in [0.25, 0.3) is 0 Å². The summed E-state index contributed by atoms with van der Waals surface area (Å²) >= 11 is 0. The highest BCUT2D eigenvalue weighted by atomic mass is 16.3. The van der Waals surface area contributed by atoms with E-state index in [1.807, 2.05) is 12.1 Å². The number of likely N-dealkylation sites (N-methyl/N-ethyl adjacent to an activating group) is 1. The standard InChI is InChI=1S/C12H17NO/c1-13-8-2-3-11(9-13)10-4-6-12(14)7-5-10/h4-7,11,14H,2-3,8-9H2,1H3. The molecule has 1 saturated heterocycles. The Morgan fingerprint density at radius 2 is 2.00 bits per heavy atom. The van der Waals surface area contributed by atoms with Gasteiger partial charge in [-0.1, -0.05) is 12.1 Å². The van der Waals surface area contributed by atoms with Crippen LogP contribution in [0, 0.1) is 0 Å². The van der Waals surface area contributed by atoms with Crippen molar-refractivity contribution in [2.75, 3.05) is 20.1 Å². The van der Waals surface area contributed by atoms with Crippen LogP contribution >= 0.6 is 0 Å². The van der Waals surface area contributed by atoms with Crippen molar-refractivity contribution < 1.29 is 5.11 Å². The predicted molar refractivity (Wildman–Crippen MR) is 57.6 cm³/mol. The number of benzene rings is 1. The van der Waals surface area contributed by atoms with Crippen molar-refractivity contribution in [3.8, 4) is 5.75 Å². The topological polar surface area (TPSA) is 23.5 Å². The molecule has 2 heteroatoms. The molecule has 1 aliphatic rings. The molecule has 14 heavy (non-hydrogen) atoms. The van der Waals surface area contributed by atoms with E-state index in [0.717, 1.165) is 6.54 Å². The Labute approximate surface area is 85.2 Å². The molecule has 76 valence electrons. The largest absolute Gasteiger partial charge is 0.508 e. The minimum absolute atomic E-state index is 0.359. The molecular formula is C12H17NO. The molecule has 0 aromatic heterocycles. The molecule has 0 amide bonds. The van der Waals surface area contributed by atoms with Gasteiger partial charge in [-0.2, -0.15) is 0 Å². The summed E-state index contributed by atoms with van der Waals surface area (Å²) in [6.07, 6.45) is 2.55. The number of aromatic hydroxyl groups is 1. The SMILES string of the molecule is CN1CCCC(c2ccc(O)cc2)C1. The lowest BCUT2D eigenvalue weighted by Gasteiger charge is -2.29. The summed E-state index contributed by atoms with van der Waals surface area (Å²) < 4.78 is 0. The Morgan fingerprint density at radius 3 is 2.64 bits per heavy atom. The first-order chi connectivity index (χ1) is 6.75. The molecule has 1 aliphatic heterocycles. The van der Waals surface area contributed by atoms with Gasteiger partial charge in [-0.15, -0.1) is 0 Å². The third-order valence-corrected chi connectivity index (χ3v) is 2.99. The first-order valence-electron chi connectivity index (χ1n) is 5.23. The molecule has 0 bridgehead atoms. The van der Waals surface area contributed by atoms with E-state index in [1.54, 1.807) is 12.1 Å². The van der Waals surface area contributed by atoms with Gasteiger partial charge in [0.15, 0.2) is 0 Å². The fourth-order valence-electron chi connectivity index (χ4n) is 2.18. The van der Waals surface area contributed by atoms with Gasteiger partial charge in [-0.25, -0.2) is 0 Å². The third kappa shape index (κ3) is 2.07. The second kappa shape index (κ2) is 4.01. The maximum Gasteiger partial charge on any atom is 0.115 e. The lowest BCUT2D eigenvalue weighted by Crippen LogP contribution is -2.30. The second-order valence-corrected chi connectivity index (χ2v) is 4.19. The van der Waals surface area contributed by atoms with Crippen molar-refractivity contribution in [3.05, 3.63) is 29.8 Å². The summed E-state index contributed by atoms with van der Waals surface area (Å²) in [5.41, 5.74) is 1.36. The molecule has 0 radical (unpaired) electrons. The summed E-state index contributed by atoms with van der Waals surface area (Å²) in [5.74, 6) is 1.01. The van der Waals surface area contributed by atoms with Gasteiger partial charge in [0.05, 0.1) is 0 Å². The van der Waals surface area contributed by atoms with Crippen LogP contribution in [0.25, 0.3) is 0 Å². The predicted octanol–water partition coefficient (Wildman–Crippen LogP) is 2.20. The van der Waals surface area contributed by atoms with E-state index >= 15 is 0 Å². The number of nitrogens with zero attached hydrogens (tertiary/aromatic N) is 1. The van der Waals surface area contributed by atoms with E-state index in [9.17, 15) is 5.11 Å². The second-order valence-electron chi connectivity index (χ2n) is 4.19. The van der Waals surface area contributed by atoms with Gasteiger partial charge in [-0.05, 0) is 50.0 Å². The van der Waals surface area contributed by atoms with Gasteiger partial charge in [-0.3, -0.25) is 0 Å². The van der Waals surface area contributed by atoms with Crippen molar-refractivity contribution in [3.63, 3.8) is 0 Å². The molecule has 0 spiro atoms. The number of likely N-dealkylation sites (tertiary alicyclic amines) is 1. The molecule has 1 heterocycles. The van der Waals surface area contributed by atoms with Crippen LogP contribution in [0.1, 0.15) is 24.3 Å². The summed E-state index contributed by atoms with van der Waals surface area (Å²) in [6.45, 7) is 2.36. The van der Waals surface area contributed by atoms with Crippen LogP contribution in [-0.4, -0.2) is 30.1 Å². The fraction of sp³-hybridized carbons (Fsp3) is 0.500. The molecule has 1 aromatic carbocycles. The molecule has 2 nitrogen and oxygen atoms in total. The highest BCUT2D eigenvalue weighted by Gasteiger charge is 2.18. The summed E-state index contributed by atoms with van der Waals surface area (Å²) in [4.78, 5) is 2.38. The molecule has 0 saturated carbocycles. The molecule has 0 aliphatic carbocycles. The van der Waals surface area contributed by atoms with Crippen LogP contribution < -0.4 is 0 Å². The Balaban J connectivity index is 2.10. The fourth-order valence-corrected chi connectivity index (χ4v) is 2.18. The molecule has 1 N–H and O–H groups in total. The number of piperidine rings is 1. The monoisotopic (exact) mass is 191 g/mol. The van der Waals surface area contributed by atoms with E-state index in [1.165, 1.54) is 24.9 Å². The molecular weight excluding hydrogens is 174 g/mol. The van der Waals surface area contributed by atoms with Crippen molar-refractivity contribution in [1.29, 1.82) is 0 Å². The Bertz CT molecular complexity index is 294. The number of hydrogen-bond acceptors (Lipinski definition) is 2. The molecule has 1 unspecified atom stereocenters. The minimum Gasteiger partial charge on any atom is -0.508 e. The molecule has 1 atom stereocenters.